The maximum absolute atomic E-state index is 10.5. The lowest BCUT2D eigenvalue weighted by atomic mass is 9.95. The van der Waals surface area contributed by atoms with Crippen LogP contribution in [-0.2, 0) is 4.79 Å². The summed E-state index contributed by atoms with van der Waals surface area (Å²) in [6, 6.07) is 0. The quantitative estimate of drug-likeness (QED) is 0.634. The van der Waals surface area contributed by atoms with E-state index in [0.717, 1.165) is 25.9 Å². The van der Waals surface area contributed by atoms with Crippen molar-refractivity contribution >= 4 is 5.97 Å². The summed E-state index contributed by atoms with van der Waals surface area (Å²) in [6.07, 6.45) is 1.96. The van der Waals surface area contributed by atoms with Crippen LogP contribution in [0, 0.1) is 11.8 Å². The summed E-state index contributed by atoms with van der Waals surface area (Å²) in [7, 11) is 0. The van der Waals surface area contributed by atoms with Gasteiger partial charge in [-0.2, -0.15) is 0 Å². The molecule has 1 fully saturated rings. The van der Waals surface area contributed by atoms with Gasteiger partial charge in [-0.25, -0.2) is 0 Å². The van der Waals surface area contributed by atoms with Crippen molar-refractivity contribution < 1.29 is 9.90 Å². The molecule has 1 aliphatic rings. The van der Waals surface area contributed by atoms with Gasteiger partial charge in [0.25, 0.3) is 0 Å². The van der Waals surface area contributed by atoms with Gasteiger partial charge in [-0.15, -0.1) is 0 Å². The van der Waals surface area contributed by atoms with Crippen molar-refractivity contribution in [3.63, 3.8) is 0 Å². The maximum atomic E-state index is 10.5. The van der Waals surface area contributed by atoms with Gasteiger partial charge >= 0.3 is 5.97 Å². The van der Waals surface area contributed by atoms with Crippen molar-refractivity contribution in [3.8, 4) is 0 Å². The van der Waals surface area contributed by atoms with Gasteiger partial charge in [-0.1, -0.05) is 6.92 Å². The molecular formula is C8H15NO2. The molecule has 0 spiro atoms. The van der Waals surface area contributed by atoms with Crippen LogP contribution in [0.25, 0.3) is 0 Å². The van der Waals surface area contributed by atoms with Crippen LogP contribution in [-0.4, -0.2) is 24.2 Å². The second-order valence-electron chi connectivity index (χ2n) is 3.33. The molecule has 1 rings (SSSR count). The first-order valence-electron chi connectivity index (χ1n) is 4.13. The molecule has 1 aliphatic heterocycles. The molecule has 1 saturated heterocycles. The number of rotatable bonds is 3. The molecule has 2 N–H and O–H groups in total. The van der Waals surface area contributed by atoms with Gasteiger partial charge in [-0.05, 0) is 31.8 Å². The Morgan fingerprint density at radius 1 is 1.82 bits per heavy atom. The number of carboxylic acids is 1. The van der Waals surface area contributed by atoms with Crippen LogP contribution in [0.5, 0.6) is 0 Å². The average molecular weight is 157 g/mol. The highest BCUT2D eigenvalue weighted by atomic mass is 16.4. The number of carboxylic acid groups (broad SMARTS) is 1. The molecule has 3 heteroatoms. The second-order valence-corrected chi connectivity index (χ2v) is 3.33. The van der Waals surface area contributed by atoms with Crippen LogP contribution in [0.3, 0.4) is 0 Å². The van der Waals surface area contributed by atoms with E-state index in [9.17, 15) is 4.79 Å². The van der Waals surface area contributed by atoms with Crippen LogP contribution >= 0.6 is 0 Å². The fraction of sp³-hybridized carbons (Fsp3) is 0.875. The first kappa shape index (κ1) is 8.53. The molecule has 0 aromatic carbocycles. The zero-order valence-electron chi connectivity index (χ0n) is 6.84. The van der Waals surface area contributed by atoms with Crippen LogP contribution in [0.2, 0.25) is 0 Å². The fourth-order valence-corrected chi connectivity index (χ4v) is 1.52. The highest BCUT2D eigenvalue weighted by molar-refractivity contribution is 5.69. The minimum atomic E-state index is -0.670. The van der Waals surface area contributed by atoms with Crippen LogP contribution in [0.1, 0.15) is 19.8 Å². The molecule has 0 amide bonds. The van der Waals surface area contributed by atoms with Crippen molar-refractivity contribution in [2.45, 2.75) is 19.8 Å². The molecule has 0 radical (unpaired) electrons. The normalized spacial score (nSPS) is 26.8. The fourth-order valence-electron chi connectivity index (χ4n) is 1.52. The first-order valence-corrected chi connectivity index (χ1v) is 4.13. The standard InChI is InChI=1S/C8H15NO2/c1-6(8(10)11)4-7-2-3-9-5-7/h6-7,9H,2-5H2,1H3,(H,10,11). The largest absolute Gasteiger partial charge is 0.481 e. The lowest BCUT2D eigenvalue weighted by Gasteiger charge is -2.10. The van der Waals surface area contributed by atoms with Gasteiger partial charge < -0.3 is 10.4 Å². The van der Waals surface area contributed by atoms with Crippen LogP contribution in [0.4, 0.5) is 0 Å². The first-order chi connectivity index (χ1) is 5.20. The van der Waals surface area contributed by atoms with Crippen LogP contribution < -0.4 is 5.32 Å². The number of hydrogen-bond acceptors (Lipinski definition) is 2. The SMILES string of the molecule is CC(CC1CCNC1)C(=O)O. The van der Waals surface area contributed by atoms with Crippen molar-refractivity contribution in [3.05, 3.63) is 0 Å². The van der Waals surface area contributed by atoms with E-state index in [0.29, 0.717) is 5.92 Å². The monoisotopic (exact) mass is 157 g/mol. The van der Waals surface area contributed by atoms with Gasteiger partial charge in [0.15, 0.2) is 0 Å². The Hall–Kier alpha value is -0.570. The number of hydrogen-bond donors (Lipinski definition) is 2. The number of carbonyl (C=O) groups is 1. The average Bonchev–Trinajstić information content (AvgIpc) is 2.39. The molecule has 11 heavy (non-hydrogen) atoms. The van der Waals surface area contributed by atoms with Gasteiger partial charge in [0.05, 0.1) is 5.92 Å². The summed E-state index contributed by atoms with van der Waals surface area (Å²) in [5, 5.41) is 11.8. The van der Waals surface area contributed by atoms with E-state index in [2.05, 4.69) is 5.32 Å². The smallest absolute Gasteiger partial charge is 0.306 e. The van der Waals surface area contributed by atoms with E-state index in [1.807, 2.05) is 0 Å². The second kappa shape index (κ2) is 3.72. The van der Waals surface area contributed by atoms with Crippen molar-refractivity contribution in [2.24, 2.45) is 11.8 Å². The zero-order chi connectivity index (χ0) is 8.27. The number of aliphatic carboxylic acids is 1. The Bertz CT molecular complexity index is 141. The predicted molar refractivity (Wildman–Crippen MR) is 42.4 cm³/mol. The van der Waals surface area contributed by atoms with Crippen molar-refractivity contribution in [1.82, 2.24) is 5.32 Å². The third kappa shape index (κ3) is 2.50. The van der Waals surface area contributed by atoms with Crippen LogP contribution in [0.15, 0.2) is 0 Å². The molecule has 0 saturated carbocycles. The highest BCUT2D eigenvalue weighted by Gasteiger charge is 2.20. The summed E-state index contributed by atoms with van der Waals surface area (Å²) in [4.78, 5) is 10.5. The van der Waals surface area contributed by atoms with Gasteiger partial charge in [0.1, 0.15) is 0 Å². The molecule has 2 unspecified atom stereocenters. The van der Waals surface area contributed by atoms with E-state index in [-0.39, 0.29) is 5.92 Å². The lowest BCUT2D eigenvalue weighted by Crippen LogP contribution is -2.16. The molecule has 0 aromatic heterocycles. The lowest BCUT2D eigenvalue weighted by molar-refractivity contribution is -0.141. The summed E-state index contributed by atoms with van der Waals surface area (Å²) in [6.45, 7) is 3.83. The Balaban J connectivity index is 2.23. The zero-order valence-corrected chi connectivity index (χ0v) is 6.84. The Morgan fingerprint density at radius 3 is 3.00 bits per heavy atom. The minimum absolute atomic E-state index is 0.181. The number of nitrogens with one attached hydrogen (secondary N) is 1. The Morgan fingerprint density at radius 2 is 2.55 bits per heavy atom. The molecule has 3 nitrogen and oxygen atoms in total. The van der Waals surface area contributed by atoms with Gasteiger partial charge in [-0.3, -0.25) is 4.79 Å². The van der Waals surface area contributed by atoms with E-state index in [4.69, 9.17) is 5.11 Å². The predicted octanol–water partition coefficient (Wildman–Crippen LogP) is 0.707. The molecule has 0 aromatic rings. The molecule has 2 atom stereocenters. The van der Waals surface area contributed by atoms with E-state index < -0.39 is 5.97 Å². The summed E-state index contributed by atoms with van der Waals surface area (Å²) in [5.74, 6) is -0.266. The van der Waals surface area contributed by atoms with Gasteiger partial charge in [0, 0.05) is 0 Å². The summed E-state index contributed by atoms with van der Waals surface area (Å²) in [5.41, 5.74) is 0. The third-order valence-electron chi connectivity index (χ3n) is 2.27. The van der Waals surface area contributed by atoms with Crippen molar-refractivity contribution in [1.29, 1.82) is 0 Å². The van der Waals surface area contributed by atoms with Gasteiger partial charge in [0.2, 0.25) is 0 Å². The molecule has 0 aliphatic carbocycles. The Labute approximate surface area is 66.8 Å². The molecule has 64 valence electrons. The third-order valence-corrected chi connectivity index (χ3v) is 2.27. The topological polar surface area (TPSA) is 49.3 Å². The summed E-state index contributed by atoms with van der Waals surface area (Å²) >= 11 is 0. The molecular weight excluding hydrogens is 142 g/mol. The Kier molecular flexibility index (Phi) is 2.88. The highest BCUT2D eigenvalue weighted by Crippen LogP contribution is 2.17. The molecule has 1 heterocycles. The van der Waals surface area contributed by atoms with E-state index in [1.54, 1.807) is 6.92 Å². The molecule has 0 bridgehead atoms. The van der Waals surface area contributed by atoms with Crippen molar-refractivity contribution in [2.75, 3.05) is 13.1 Å². The van der Waals surface area contributed by atoms with E-state index in [1.165, 1.54) is 0 Å². The van der Waals surface area contributed by atoms with E-state index >= 15 is 0 Å². The maximum Gasteiger partial charge on any atom is 0.306 e. The summed E-state index contributed by atoms with van der Waals surface area (Å²) < 4.78 is 0. The minimum Gasteiger partial charge on any atom is -0.481 e.